The number of nitrogens with zero attached hydrogens (tertiary/aromatic N) is 2. The number of carbonyl (C=O) groups excluding carboxylic acids is 1. The molecule has 0 fully saturated rings. The summed E-state index contributed by atoms with van der Waals surface area (Å²) in [6.45, 7) is 7.77. The van der Waals surface area contributed by atoms with Crippen LogP contribution in [-0.2, 0) is 9.53 Å². The third-order valence-electron chi connectivity index (χ3n) is 3.88. The molecule has 4 nitrogen and oxygen atoms in total. The van der Waals surface area contributed by atoms with Gasteiger partial charge < -0.3 is 4.74 Å². The molecule has 0 aliphatic carbocycles. The van der Waals surface area contributed by atoms with Crippen molar-refractivity contribution in [2.75, 3.05) is 6.61 Å². The monoisotopic (exact) mass is 390 g/mol. The number of fused-ring (bicyclic) bond motifs is 1. The van der Waals surface area contributed by atoms with Crippen LogP contribution in [0.2, 0.25) is 0 Å². The Bertz CT molecular complexity index is 952. The number of aromatic nitrogens is 2. The molecule has 0 atom stereocenters. The molecular weight excluding hydrogens is 371 g/mol. The Morgan fingerprint density at radius 2 is 1.96 bits per heavy atom. The van der Waals surface area contributed by atoms with Crippen LogP contribution in [0.5, 0.6) is 0 Å². The van der Waals surface area contributed by atoms with Gasteiger partial charge in [0, 0.05) is 10.4 Å². The molecule has 0 aliphatic heterocycles. The molecule has 0 saturated heterocycles. The van der Waals surface area contributed by atoms with Crippen LogP contribution in [0, 0.1) is 12.7 Å². The van der Waals surface area contributed by atoms with E-state index < -0.39 is 4.75 Å². The Labute approximate surface area is 159 Å². The summed E-state index contributed by atoms with van der Waals surface area (Å²) >= 11 is 2.92. The lowest BCUT2D eigenvalue weighted by Crippen LogP contribution is -2.30. The first-order chi connectivity index (χ1) is 12.3. The Hall–Kier alpha value is -1.99. The van der Waals surface area contributed by atoms with Crippen LogP contribution in [0.3, 0.4) is 0 Å². The second kappa shape index (κ2) is 7.32. The number of thiophene rings is 1. The Morgan fingerprint density at radius 1 is 1.27 bits per heavy atom. The smallest absolute Gasteiger partial charge is 0.322 e. The van der Waals surface area contributed by atoms with E-state index in [1.54, 1.807) is 30.4 Å². The van der Waals surface area contributed by atoms with Crippen molar-refractivity contribution in [3.63, 3.8) is 0 Å². The minimum absolute atomic E-state index is 0.278. The van der Waals surface area contributed by atoms with Crippen molar-refractivity contribution in [2.45, 2.75) is 37.5 Å². The summed E-state index contributed by atoms with van der Waals surface area (Å²) in [5.41, 5.74) is 1.88. The second-order valence-corrected chi connectivity index (χ2v) is 9.05. The molecule has 136 valence electrons. The second-order valence-electron chi connectivity index (χ2n) is 6.23. The Morgan fingerprint density at radius 3 is 2.62 bits per heavy atom. The van der Waals surface area contributed by atoms with Crippen LogP contribution >= 0.6 is 23.1 Å². The molecule has 3 rings (SSSR count). The van der Waals surface area contributed by atoms with Crippen molar-refractivity contribution in [3.05, 3.63) is 41.3 Å². The molecule has 2 aromatic heterocycles. The van der Waals surface area contributed by atoms with Crippen molar-refractivity contribution in [3.8, 4) is 11.1 Å². The van der Waals surface area contributed by atoms with Crippen molar-refractivity contribution >= 4 is 39.3 Å². The Balaban J connectivity index is 2.12. The summed E-state index contributed by atoms with van der Waals surface area (Å²) in [4.78, 5) is 23.0. The maximum Gasteiger partial charge on any atom is 0.322 e. The maximum absolute atomic E-state index is 13.3. The van der Waals surface area contributed by atoms with Gasteiger partial charge in [0.15, 0.2) is 0 Å². The van der Waals surface area contributed by atoms with Gasteiger partial charge in [0.1, 0.15) is 26.7 Å². The van der Waals surface area contributed by atoms with E-state index in [2.05, 4.69) is 9.97 Å². The number of hydrogen-bond donors (Lipinski definition) is 0. The van der Waals surface area contributed by atoms with Crippen LogP contribution < -0.4 is 0 Å². The first kappa shape index (κ1) is 18.8. The van der Waals surface area contributed by atoms with Gasteiger partial charge in [-0.3, -0.25) is 4.79 Å². The third kappa shape index (κ3) is 3.59. The van der Waals surface area contributed by atoms with Gasteiger partial charge in [-0.05, 0) is 45.4 Å². The molecule has 0 aliphatic rings. The fourth-order valence-electron chi connectivity index (χ4n) is 2.65. The summed E-state index contributed by atoms with van der Waals surface area (Å²) < 4.78 is 17.7. The Kier molecular flexibility index (Phi) is 5.29. The largest absolute Gasteiger partial charge is 0.465 e. The van der Waals surface area contributed by atoms with Crippen LogP contribution in [0.4, 0.5) is 4.39 Å². The highest BCUT2D eigenvalue weighted by Gasteiger charge is 2.32. The molecule has 3 aromatic rings. The van der Waals surface area contributed by atoms with Crippen molar-refractivity contribution in [1.29, 1.82) is 0 Å². The first-order valence-electron chi connectivity index (χ1n) is 8.19. The van der Waals surface area contributed by atoms with E-state index in [1.165, 1.54) is 30.2 Å². The van der Waals surface area contributed by atoms with E-state index in [4.69, 9.17) is 4.74 Å². The molecule has 26 heavy (non-hydrogen) atoms. The number of ether oxygens (including phenoxy) is 1. The van der Waals surface area contributed by atoms with E-state index >= 15 is 0 Å². The number of rotatable bonds is 5. The van der Waals surface area contributed by atoms with E-state index in [-0.39, 0.29) is 11.8 Å². The van der Waals surface area contributed by atoms with E-state index in [0.29, 0.717) is 6.61 Å². The summed E-state index contributed by atoms with van der Waals surface area (Å²) in [5.74, 6) is -0.563. The highest BCUT2D eigenvalue weighted by molar-refractivity contribution is 8.01. The van der Waals surface area contributed by atoms with Crippen LogP contribution in [0.15, 0.2) is 35.6 Å². The van der Waals surface area contributed by atoms with Gasteiger partial charge in [-0.25, -0.2) is 14.4 Å². The summed E-state index contributed by atoms with van der Waals surface area (Å²) in [7, 11) is 0. The van der Waals surface area contributed by atoms with E-state index in [9.17, 15) is 9.18 Å². The fraction of sp³-hybridized carbons (Fsp3) is 0.316. The van der Waals surface area contributed by atoms with Gasteiger partial charge >= 0.3 is 5.97 Å². The predicted molar refractivity (Wildman–Crippen MR) is 104 cm³/mol. The highest BCUT2D eigenvalue weighted by Crippen LogP contribution is 2.44. The lowest BCUT2D eigenvalue weighted by atomic mass is 10.0. The van der Waals surface area contributed by atoms with Gasteiger partial charge in [0.05, 0.1) is 12.0 Å². The number of hydrogen-bond acceptors (Lipinski definition) is 6. The highest BCUT2D eigenvalue weighted by atomic mass is 32.2. The molecule has 0 N–H and O–H groups in total. The number of benzene rings is 1. The van der Waals surface area contributed by atoms with Crippen LogP contribution in [-0.4, -0.2) is 27.3 Å². The standard InChI is InChI=1S/C19H19FN2O2S2/c1-5-24-18(23)19(3,4)26-17-15-14(12-6-8-13(20)9-7-12)11(2)25-16(15)21-10-22-17/h6-10H,5H2,1-4H3. The molecule has 0 unspecified atom stereocenters. The number of thioether (sulfide) groups is 1. The minimum atomic E-state index is -0.785. The molecule has 0 saturated carbocycles. The molecule has 0 spiro atoms. The molecular formula is C19H19FN2O2S2. The summed E-state index contributed by atoms with van der Waals surface area (Å²) in [6, 6.07) is 6.39. The van der Waals surface area contributed by atoms with Crippen molar-refractivity contribution in [2.24, 2.45) is 0 Å². The topological polar surface area (TPSA) is 52.1 Å². The molecule has 0 amide bonds. The average Bonchev–Trinajstić information content (AvgIpc) is 2.92. The zero-order valence-electron chi connectivity index (χ0n) is 15.0. The maximum atomic E-state index is 13.3. The lowest BCUT2D eigenvalue weighted by molar-refractivity contribution is -0.145. The molecule has 0 bridgehead atoms. The quantitative estimate of drug-likeness (QED) is 0.339. The number of halogens is 1. The van der Waals surface area contributed by atoms with Crippen LogP contribution in [0.1, 0.15) is 25.6 Å². The third-order valence-corrected chi connectivity index (χ3v) is 6.07. The van der Waals surface area contributed by atoms with Crippen LogP contribution in [0.25, 0.3) is 21.3 Å². The molecule has 1 aromatic carbocycles. The van der Waals surface area contributed by atoms with E-state index in [1.807, 2.05) is 20.8 Å². The first-order valence-corrected chi connectivity index (χ1v) is 9.83. The lowest BCUT2D eigenvalue weighted by Gasteiger charge is -2.21. The van der Waals surface area contributed by atoms with Gasteiger partial charge in [0.2, 0.25) is 0 Å². The van der Waals surface area contributed by atoms with E-state index in [0.717, 1.165) is 31.2 Å². The van der Waals surface area contributed by atoms with Gasteiger partial charge in [0.25, 0.3) is 0 Å². The number of aryl methyl sites for hydroxylation is 1. The SMILES string of the molecule is CCOC(=O)C(C)(C)Sc1ncnc2sc(C)c(-c3ccc(F)cc3)c12. The zero-order chi connectivity index (χ0) is 18.9. The summed E-state index contributed by atoms with van der Waals surface area (Å²) in [6.07, 6.45) is 1.51. The van der Waals surface area contributed by atoms with Gasteiger partial charge in [-0.1, -0.05) is 23.9 Å². The minimum Gasteiger partial charge on any atom is -0.465 e. The molecule has 2 heterocycles. The number of esters is 1. The number of carbonyl (C=O) groups is 1. The zero-order valence-corrected chi connectivity index (χ0v) is 16.6. The molecule has 0 radical (unpaired) electrons. The predicted octanol–water partition coefficient (Wildman–Crippen LogP) is 5.24. The van der Waals surface area contributed by atoms with Crippen molar-refractivity contribution in [1.82, 2.24) is 9.97 Å². The van der Waals surface area contributed by atoms with Gasteiger partial charge in [-0.15, -0.1) is 11.3 Å². The fourth-order valence-corrected chi connectivity index (χ4v) is 4.75. The summed E-state index contributed by atoms with van der Waals surface area (Å²) in [5, 5.41) is 1.61. The molecule has 7 heteroatoms. The van der Waals surface area contributed by atoms with Crippen molar-refractivity contribution < 1.29 is 13.9 Å². The average molecular weight is 391 g/mol. The van der Waals surface area contributed by atoms with Gasteiger partial charge in [-0.2, -0.15) is 0 Å². The normalized spacial score (nSPS) is 11.7.